The van der Waals surface area contributed by atoms with Crippen molar-refractivity contribution in [3.63, 3.8) is 0 Å². The fourth-order valence-corrected chi connectivity index (χ4v) is 2.63. The summed E-state index contributed by atoms with van der Waals surface area (Å²) in [4.78, 5) is 0. The minimum absolute atomic E-state index is 0.129. The molecule has 0 fully saturated rings. The van der Waals surface area contributed by atoms with Gasteiger partial charge in [0.25, 0.3) is 0 Å². The zero-order chi connectivity index (χ0) is 13.7. The third kappa shape index (κ3) is 3.31. The Balaban J connectivity index is 3.34. The van der Waals surface area contributed by atoms with E-state index in [1.54, 1.807) is 0 Å². The van der Waals surface area contributed by atoms with Crippen LogP contribution in [-0.2, 0) is 0 Å². The molecular weight excluding hydrogens is 318 g/mol. The fourth-order valence-electron chi connectivity index (χ4n) is 1.61. The predicted molar refractivity (Wildman–Crippen MR) is 79.0 cm³/mol. The highest BCUT2D eigenvalue weighted by molar-refractivity contribution is 9.10. The van der Waals surface area contributed by atoms with E-state index in [-0.39, 0.29) is 6.04 Å². The average Bonchev–Trinajstić information content (AvgIpc) is 2.37. The van der Waals surface area contributed by atoms with E-state index >= 15 is 0 Å². The molecule has 0 aliphatic rings. The summed E-state index contributed by atoms with van der Waals surface area (Å²) in [7, 11) is 1.89. The van der Waals surface area contributed by atoms with Crippen LogP contribution in [0.2, 0.25) is 5.02 Å². The van der Waals surface area contributed by atoms with Gasteiger partial charge in [-0.3, -0.25) is 0 Å². The topological polar surface area (TPSA) is 30.5 Å². The summed E-state index contributed by atoms with van der Waals surface area (Å²) in [6.07, 6.45) is 0. The van der Waals surface area contributed by atoms with Gasteiger partial charge in [0, 0.05) is 6.04 Å². The van der Waals surface area contributed by atoms with E-state index in [4.69, 9.17) is 21.1 Å². The van der Waals surface area contributed by atoms with E-state index < -0.39 is 0 Å². The summed E-state index contributed by atoms with van der Waals surface area (Å²) in [5.41, 5.74) is 0.967. The summed E-state index contributed by atoms with van der Waals surface area (Å²) >= 11 is 9.87. The standard InChI is InChI=1S/C13H19BrClNO2/c1-5-17-10-7-9(8(3)16-4)12(15)13(11(10)14)18-6-2/h7-8,16H,5-6H2,1-4H3. The highest BCUT2D eigenvalue weighted by Gasteiger charge is 2.20. The van der Waals surface area contributed by atoms with Gasteiger partial charge in [-0.1, -0.05) is 11.6 Å². The van der Waals surface area contributed by atoms with E-state index in [1.165, 1.54) is 0 Å². The maximum Gasteiger partial charge on any atom is 0.156 e. The second-order valence-electron chi connectivity index (χ2n) is 3.80. The second-order valence-corrected chi connectivity index (χ2v) is 4.97. The Morgan fingerprint density at radius 3 is 2.44 bits per heavy atom. The van der Waals surface area contributed by atoms with Gasteiger partial charge >= 0.3 is 0 Å². The van der Waals surface area contributed by atoms with Crippen LogP contribution in [-0.4, -0.2) is 20.3 Å². The maximum absolute atomic E-state index is 6.39. The molecule has 1 N–H and O–H groups in total. The third-order valence-electron chi connectivity index (χ3n) is 2.64. The highest BCUT2D eigenvalue weighted by Crippen LogP contribution is 2.44. The van der Waals surface area contributed by atoms with Gasteiger partial charge in [-0.05, 0) is 55.4 Å². The fraction of sp³-hybridized carbons (Fsp3) is 0.538. The van der Waals surface area contributed by atoms with E-state index in [0.717, 1.165) is 15.8 Å². The molecule has 0 spiro atoms. The van der Waals surface area contributed by atoms with Gasteiger partial charge in [-0.2, -0.15) is 0 Å². The highest BCUT2D eigenvalue weighted by atomic mass is 79.9. The molecule has 1 aromatic rings. The molecule has 0 radical (unpaired) electrons. The molecule has 0 aromatic heterocycles. The van der Waals surface area contributed by atoms with Crippen LogP contribution in [0, 0.1) is 0 Å². The number of benzene rings is 1. The number of hydrogen-bond acceptors (Lipinski definition) is 3. The molecule has 0 heterocycles. The zero-order valence-corrected chi connectivity index (χ0v) is 13.5. The molecule has 1 atom stereocenters. The minimum Gasteiger partial charge on any atom is -0.493 e. The molecule has 1 aromatic carbocycles. The quantitative estimate of drug-likeness (QED) is 0.845. The first kappa shape index (κ1) is 15.6. The SMILES string of the molecule is CCOc1cc(C(C)NC)c(Cl)c(OCC)c1Br. The van der Waals surface area contributed by atoms with E-state index in [2.05, 4.69) is 21.2 Å². The van der Waals surface area contributed by atoms with Crippen molar-refractivity contribution in [2.24, 2.45) is 0 Å². The molecule has 18 heavy (non-hydrogen) atoms. The first-order valence-electron chi connectivity index (χ1n) is 6.01. The van der Waals surface area contributed by atoms with Crippen molar-refractivity contribution in [1.82, 2.24) is 5.32 Å². The summed E-state index contributed by atoms with van der Waals surface area (Å²) < 4.78 is 12.0. The molecule has 0 aliphatic carbocycles. The average molecular weight is 337 g/mol. The predicted octanol–water partition coefficient (Wildman–Crippen LogP) is 4.18. The van der Waals surface area contributed by atoms with Crippen molar-refractivity contribution in [3.05, 3.63) is 21.1 Å². The Bertz CT molecular complexity index is 412. The summed E-state index contributed by atoms with van der Waals surface area (Å²) in [5.74, 6) is 1.39. The van der Waals surface area contributed by atoms with Crippen molar-refractivity contribution in [2.45, 2.75) is 26.8 Å². The van der Waals surface area contributed by atoms with Crippen molar-refractivity contribution in [3.8, 4) is 11.5 Å². The smallest absolute Gasteiger partial charge is 0.156 e. The van der Waals surface area contributed by atoms with Crippen LogP contribution in [0.5, 0.6) is 11.5 Å². The van der Waals surface area contributed by atoms with Gasteiger partial charge in [0.1, 0.15) is 10.2 Å². The normalized spacial score (nSPS) is 12.3. The lowest BCUT2D eigenvalue weighted by atomic mass is 10.1. The Morgan fingerprint density at radius 2 is 1.94 bits per heavy atom. The van der Waals surface area contributed by atoms with Crippen molar-refractivity contribution in [1.29, 1.82) is 0 Å². The Morgan fingerprint density at radius 1 is 1.33 bits per heavy atom. The first-order valence-corrected chi connectivity index (χ1v) is 7.18. The van der Waals surface area contributed by atoms with Gasteiger partial charge in [0.2, 0.25) is 0 Å². The summed E-state index contributed by atoms with van der Waals surface area (Å²) in [6.45, 7) is 7.07. The molecule has 1 unspecified atom stereocenters. The third-order valence-corrected chi connectivity index (χ3v) is 3.78. The van der Waals surface area contributed by atoms with Crippen LogP contribution < -0.4 is 14.8 Å². The number of rotatable bonds is 6. The first-order chi connectivity index (χ1) is 8.56. The lowest BCUT2D eigenvalue weighted by Gasteiger charge is -2.19. The van der Waals surface area contributed by atoms with E-state index in [9.17, 15) is 0 Å². The number of nitrogens with one attached hydrogen (secondary N) is 1. The lowest BCUT2D eigenvalue weighted by Crippen LogP contribution is -2.14. The second kappa shape index (κ2) is 7.22. The van der Waals surface area contributed by atoms with Gasteiger partial charge in [-0.15, -0.1) is 0 Å². The Kier molecular flexibility index (Phi) is 6.26. The minimum atomic E-state index is 0.129. The van der Waals surface area contributed by atoms with Gasteiger partial charge in [0.15, 0.2) is 5.75 Å². The summed E-state index contributed by atoms with van der Waals surface area (Å²) in [6, 6.07) is 2.07. The zero-order valence-electron chi connectivity index (χ0n) is 11.1. The van der Waals surface area contributed by atoms with Crippen LogP contribution in [0.4, 0.5) is 0 Å². The van der Waals surface area contributed by atoms with Crippen molar-refractivity contribution >= 4 is 27.5 Å². The van der Waals surface area contributed by atoms with Gasteiger partial charge in [0.05, 0.1) is 18.2 Å². The largest absolute Gasteiger partial charge is 0.493 e. The molecule has 0 aliphatic heterocycles. The van der Waals surface area contributed by atoms with Crippen molar-refractivity contribution in [2.75, 3.05) is 20.3 Å². The molecule has 0 amide bonds. The molecule has 0 bridgehead atoms. The summed E-state index contributed by atoms with van der Waals surface area (Å²) in [5, 5.41) is 3.79. The van der Waals surface area contributed by atoms with E-state index in [1.807, 2.05) is 33.9 Å². The molecule has 0 saturated heterocycles. The van der Waals surface area contributed by atoms with Crippen LogP contribution in [0.1, 0.15) is 32.4 Å². The number of halogens is 2. The van der Waals surface area contributed by atoms with E-state index in [0.29, 0.717) is 24.0 Å². The molecule has 5 heteroatoms. The number of ether oxygens (including phenoxy) is 2. The van der Waals surface area contributed by atoms with Crippen LogP contribution in [0.25, 0.3) is 0 Å². The van der Waals surface area contributed by atoms with Crippen molar-refractivity contribution < 1.29 is 9.47 Å². The molecular formula is C13H19BrClNO2. The Hall–Kier alpha value is -0.450. The molecule has 1 rings (SSSR count). The van der Waals surface area contributed by atoms with Gasteiger partial charge in [-0.25, -0.2) is 0 Å². The van der Waals surface area contributed by atoms with Crippen LogP contribution in [0.3, 0.4) is 0 Å². The maximum atomic E-state index is 6.39. The molecule has 3 nitrogen and oxygen atoms in total. The number of hydrogen-bond donors (Lipinski definition) is 1. The van der Waals surface area contributed by atoms with Crippen LogP contribution >= 0.6 is 27.5 Å². The molecule has 0 saturated carbocycles. The Labute approximate surface area is 122 Å². The molecule has 102 valence electrons. The lowest BCUT2D eigenvalue weighted by molar-refractivity contribution is 0.318. The van der Waals surface area contributed by atoms with Crippen LogP contribution in [0.15, 0.2) is 10.5 Å². The monoisotopic (exact) mass is 335 g/mol. The van der Waals surface area contributed by atoms with Gasteiger partial charge < -0.3 is 14.8 Å².